The minimum absolute atomic E-state index is 0.570. The predicted octanol–water partition coefficient (Wildman–Crippen LogP) is 2.95. The molecule has 0 saturated carbocycles. The molecule has 0 saturated heterocycles. The van der Waals surface area contributed by atoms with Gasteiger partial charge in [-0.15, -0.1) is 0 Å². The van der Waals surface area contributed by atoms with Crippen molar-refractivity contribution in [2.24, 2.45) is 0 Å². The van der Waals surface area contributed by atoms with Crippen LogP contribution in [0.1, 0.15) is 23.7 Å². The van der Waals surface area contributed by atoms with Crippen molar-refractivity contribution in [2.75, 3.05) is 20.0 Å². The molecule has 4 nitrogen and oxygen atoms in total. The number of aryl methyl sites for hydroxylation is 1. The molecule has 0 unspecified atom stereocenters. The lowest BCUT2D eigenvalue weighted by molar-refractivity contribution is 0.168. The third kappa shape index (κ3) is 3.67. The third-order valence-corrected chi connectivity index (χ3v) is 3.51. The molecule has 4 heteroatoms. The Balaban J connectivity index is 2.04. The first-order valence-corrected chi connectivity index (χ1v) is 6.89. The first-order valence-electron chi connectivity index (χ1n) is 6.89. The molecular weight excluding hydrogens is 266 g/mol. The van der Waals surface area contributed by atoms with Gasteiger partial charge in [0.05, 0.1) is 20.3 Å². The molecule has 0 aliphatic rings. The summed E-state index contributed by atoms with van der Waals surface area (Å²) < 4.78 is 10.5. The SMILES string of the molecule is COc1ccc(CC[C@@H](O)c2ccccc2N)cc1OC. The highest BCUT2D eigenvalue weighted by molar-refractivity contribution is 5.47. The minimum atomic E-state index is -0.570. The molecule has 2 rings (SSSR count). The number of anilines is 1. The Morgan fingerprint density at radius 2 is 1.76 bits per heavy atom. The summed E-state index contributed by atoms with van der Waals surface area (Å²) in [6, 6.07) is 13.2. The molecule has 0 aromatic heterocycles. The Morgan fingerprint density at radius 3 is 2.43 bits per heavy atom. The lowest BCUT2D eigenvalue weighted by Gasteiger charge is -2.14. The monoisotopic (exact) mass is 287 g/mol. The van der Waals surface area contributed by atoms with Crippen LogP contribution in [0.2, 0.25) is 0 Å². The number of hydrogen-bond donors (Lipinski definition) is 2. The van der Waals surface area contributed by atoms with E-state index in [9.17, 15) is 5.11 Å². The molecule has 1 atom stereocenters. The number of aliphatic hydroxyl groups is 1. The summed E-state index contributed by atoms with van der Waals surface area (Å²) >= 11 is 0. The topological polar surface area (TPSA) is 64.7 Å². The molecule has 0 aliphatic carbocycles. The predicted molar refractivity (Wildman–Crippen MR) is 83.7 cm³/mol. The molecule has 0 bridgehead atoms. The minimum Gasteiger partial charge on any atom is -0.493 e. The van der Waals surface area contributed by atoms with Crippen LogP contribution < -0.4 is 15.2 Å². The second-order valence-electron chi connectivity index (χ2n) is 4.87. The number of benzene rings is 2. The van der Waals surface area contributed by atoms with Gasteiger partial charge in [0.1, 0.15) is 0 Å². The third-order valence-electron chi connectivity index (χ3n) is 3.51. The molecule has 0 heterocycles. The van der Waals surface area contributed by atoms with Crippen LogP contribution in [0.5, 0.6) is 11.5 Å². The summed E-state index contributed by atoms with van der Waals surface area (Å²) in [7, 11) is 3.22. The van der Waals surface area contributed by atoms with E-state index >= 15 is 0 Å². The molecule has 21 heavy (non-hydrogen) atoms. The van der Waals surface area contributed by atoms with Crippen molar-refractivity contribution < 1.29 is 14.6 Å². The number of rotatable bonds is 6. The summed E-state index contributed by atoms with van der Waals surface area (Å²) in [6.45, 7) is 0. The zero-order valence-corrected chi connectivity index (χ0v) is 12.4. The lowest BCUT2D eigenvalue weighted by Crippen LogP contribution is -2.03. The average molecular weight is 287 g/mol. The molecule has 0 amide bonds. The molecule has 112 valence electrons. The van der Waals surface area contributed by atoms with Crippen molar-refractivity contribution in [3.63, 3.8) is 0 Å². The molecule has 0 radical (unpaired) electrons. The van der Waals surface area contributed by atoms with E-state index in [1.807, 2.05) is 36.4 Å². The van der Waals surface area contributed by atoms with Crippen LogP contribution in [0.3, 0.4) is 0 Å². The average Bonchev–Trinajstić information content (AvgIpc) is 2.52. The van der Waals surface area contributed by atoms with Gasteiger partial charge in [-0.05, 0) is 36.6 Å². The van der Waals surface area contributed by atoms with E-state index in [1.54, 1.807) is 20.3 Å². The second-order valence-corrected chi connectivity index (χ2v) is 4.87. The van der Waals surface area contributed by atoms with E-state index in [-0.39, 0.29) is 0 Å². The number of methoxy groups -OCH3 is 2. The van der Waals surface area contributed by atoms with Crippen LogP contribution in [0, 0.1) is 0 Å². The van der Waals surface area contributed by atoms with Gasteiger partial charge in [-0.3, -0.25) is 0 Å². The maximum atomic E-state index is 10.3. The molecule has 2 aromatic rings. The van der Waals surface area contributed by atoms with Crippen LogP contribution in [-0.2, 0) is 6.42 Å². The standard InChI is InChI=1S/C17H21NO3/c1-20-16-10-8-12(11-17(16)21-2)7-9-15(19)13-5-3-4-6-14(13)18/h3-6,8,10-11,15,19H,7,9,18H2,1-2H3/t15-/m1/s1. The van der Waals surface area contributed by atoms with Gasteiger partial charge in [-0.2, -0.15) is 0 Å². The normalized spacial score (nSPS) is 12.0. The molecule has 2 aromatic carbocycles. The van der Waals surface area contributed by atoms with E-state index < -0.39 is 6.10 Å². The van der Waals surface area contributed by atoms with E-state index in [2.05, 4.69) is 0 Å². The highest BCUT2D eigenvalue weighted by atomic mass is 16.5. The number of aliphatic hydroxyl groups excluding tert-OH is 1. The van der Waals surface area contributed by atoms with Crippen LogP contribution in [0.25, 0.3) is 0 Å². The number of nitrogens with two attached hydrogens (primary N) is 1. The molecular formula is C17H21NO3. The Labute approximate surface area is 125 Å². The summed E-state index contributed by atoms with van der Waals surface area (Å²) in [5.41, 5.74) is 8.36. The van der Waals surface area contributed by atoms with E-state index in [0.29, 0.717) is 23.6 Å². The van der Waals surface area contributed by atoms with Crippen molar-refractivity contribution in [2.45, 2.75) is 18.9 Å². The highest BCUT2D eigenvalue weighted by Crippen LogP contribution is 2.29. The Morgan fingerprint density at radius 1 is 1.05 bits per heavy atom. The number of ether oxygens (including phenoxy) is 2. The largest absolute Gasteiger partial charge is 0.493 e. The quantitative estimate of drug-likeness (QED) is 0.802. The van der Waals surface area contributed by atoms with Gasteiger partial charge in [0, 0.05) is 11.3 Å². The van der Waals surface area contributed by atoms with Crippen molar-refractivity contribution in [3.8, 4) is 11.5 Å². The fraction of sp³-hybridized carbons (Fsp3) is 0.294. The van der Waals surface area contributed by atoms with Gasteiger partial charge < -0.3 is 20.3 Å². The smallest absolute Gasteiger partial charge is 0.160 e. The Kier molecular flexibility index (Phi) is 5.06. The fourth-order valence-corrected chi connectivity index (χ4v) is 2.31. The molecule has 0 spiro atoms. The zero-order chi connectivity index (χ0) is 15.2. The second kappa shape index (κ2) is 6.99. The Bertz CT molecular complexity index is 598. The van der Waals surface area contributed by atoms with Gasteiger partial charge in [-0.1, -0.05) is 24.3 Å². The van der Waals surface area contributed by atoms with Gasteiger partial charge in [-0.25, -0.2) is 0 Å². The van der Waals surface area contributed by atoms with Crippen molar-refractivity contribution >= 4 is 5.69 Å². The number of hydrogen-bond acceptors (Lipinski definition) is 4. The lowest BCUT2D eigenvalue weighted by atomic mass is 10.00. The summed E-state index contributed by atoms with van der Waals surface area (Å²) in [4.78, 5) is 0. The van der Waals surface area contributed by atoms with Crippen LogP contribution in [0.15, 0.2) is 42.5 Å². The summed E-state index contributed by atoms with van der Waals surface area (Å²) in [5.74, 6) is 1.40. The maximum Gasteiger partial charge on any atom is 0.160 e. The molecule has 0 fully saturated rings. The number of nitrogen functional groups attached to an aromatic ring is 1. The Hall–Kier alpha value is -2.20. The fourth-order valence-electron chi connectivity index (χ4n) is 2.31. The van der Waals surface area contributed by atoms with Crippen LogP contribution in [-0.4, -0.2) is 19.3 Å². The van der Waals surface area contributed by atoms with E-state index in [1.165, 1.54) is 0 Å². The first-order chi connectivity index (χ1) is 10.2. The summed E-state index contributed by atoms with van der Waals surface area (Å²) in [5, 5.41) is 10.3. The van der Waals surface area contributed by atoms with Crippen molar-refractivity contribution in [1.29, 1.82) is 0 Å². The van der Waals surface area contributed by atoms with Crippen LogP contribution >= 0.6 is 0 Å². The van der Waals surface area contributed by atoms with Gasteiger partial charge >= 0.3 is 0 Å². The summed E-state index contributed by atoms with van der Waals surface area (Å²) in [6.07, 6.45) is 0.763. The zero-order valence-electron chi connectivity index (χ0n) is 12.4. The van der Waals surface area contributed by atoms with Crippen molar-refractivity contribution in [1.82, 2.24) is 0 Å². The van der Waals surface area contributed by atoms with Crippen LogP contribution in [0.4, 0.5) is 5.69 Å². The van der Waals surface area contributed by atoms with Gasteiger partial charge in [0.25, 0.3) is 0 Å². The number of para-hydroxylation sites is 1. The van der Waals surface area contributed by atoms with Gasteiger partial charge in [0.15, 0.2) is 11.5 Å². The van der Waals surface area contributed by atoms with Gasteiger partial charge in [0.2, 0.25) is 0 Å². The maximum absolute atomic E-state index is 10.3. The highest BCUT2D eigenvalue weighted by Gasteiger charge is 2.11. The van der Waals surface area contributed by atoms with E-state index in [0.717, 1.165) is 17.5 Å². The first kappa shape index (κ1) is 15.2. The molecule has 0 aliphatic heterocycles. The molecule has 3 N–H and O–H groups in total. The van der Waals surface area contributed by atoms with Crippen molar-refractivity contribution in [3.05, 3.63) is 53.6 Å². The van der Waals surface area contributed by atoms with E-state index in [4.69, 9.17) is 15.2 Å².